The largest absolute Gasteiger partial charge is 0.476 e. The van der Waals surface area contributed by atoms with E-state index in [0.717, 1.165) is 47.3 Å². The number of carbonyl (C=O) groups is 2. The van der Waals surface area contributed by atoms with Gasteiger partial charge in [-0.05, 0) is 70.5 Å². The predicted molar refractivity (Wildman–Crippen MR) is 185 cm³/mol. The standard InChI is InChI=1S/C36H50N6O5/c1-7-21-45-25-30-39-32-33(28-17-11-12-18-29(28)38-34(32)37)42(30)20-14-19-41(31(43)24-40(8-2)9-3)23-26-15-13-16-27(22-26)47-36(5,6)35(44)46-10-4/h11-13,15-18,22H,7-10,14,19-21,23-25H2,1-6H3,(H2,37,38). The molecule has 11 heteroatoms. The molecule has 0 aliphatic rings. The van der Waals surface area contributed by atoms with Gasteiger partial charge in [0.25, 0.3) is 0 Å². The first-order valence-electron chi connectivity index (χ1n) is 16.7. The van der Waals surface area contributed by atoms with E-state index in [1.54, 1.807) is 20.8 Å². The van der Waals surface area contributed by atoms with E-state index in [4.69, 9.17) is 24.9 Å². The third-order valence-electron chi connectivity index (χ3n) is 8.10. The summed E-state index contributed by atoms with van der Waals surface area (Å²) in [7, 11) is 0. The number of aromatic nitrogens is 3. The van der Waals surface area contributed by atoms with Gasteiger partial charge in [-0.15, -0.1) is 0 Å². The van der Waals surface area contributed by atoms with E-state index in [0.29, 0.717) is 62.9 Å². The second kappa shape index (κ2) is 16.6. The molecule has 0 saturated carbocycles. The van der Waals surface area contributed by atoms with Crippen LogP contribution < -0.4 is 10.5 Å². The quantitative estimate of drug-likeness (QED) is 0.109. The molecule has 4 aromatic rings. The van der Waals surface area contributed by atoms with E-state index in [2.05, 4.69) is 35.2 Å². The van der Waals surface area contributed by atoms with Gasteiger partial charge in [0, 0.05) is 31.6 Å². The Bertz CT molecular complexity index is 1650. The van der Waals surface area contributed by atoms with Gasteiger partial charge in [-0.25, -0.2) is 14.8 Å². The number of fused-ring (bicyclic) bond motifs is 3. The molecule has 1 amide bonds. The Balaban J connectivity index is 1.60. The molecule has 0 atom stereocenters. The van der Waals surface area contributed by atoms with Crippen LogP contribution >= 0.6 is 0 Å². The zero-order chi connectivity index (χ0) is 34.0. The highest BCUT2D eigenvalue weighted by Gasteiger charge is 2.31. The van der Waals surface area contributed by atoms with Crippen LogP contribution in [0.25, 0.3) is 21.9 Å². The maximum Gasteiger partial charge on any atom is 0.349 e. The summed E-state index contributed by atoms with van der Waals surface area (Å²) >= 11 is 0. The fourth-order valence-corrected chi connectivity index (χ4v) is 5.58. The molecule has 2 aromatic heterocycles. The van der Waals surface area contributed by atoms with Gasteiger partial charge in [0.2, 0.25) is 5.91 Å². The number of amides is 1. The van der Waals surface area contributed by atoms with Crippen molar-refractivity contribution in [3.8, 4) is 5.75 Å². The average molecular weight is 647 g/mol. The first-order valence-corrected chi connectivity index (χ1v) is 16.7. The van der Waals surface area contributed by atoms with E-state index < -0.39 is 11.6 Å². The fourth-order valence-electron chi connectivity index (χ4n) is 5.58. The Morgan fingerprint density at radius 3 is 2.49 bits per heavy atom. The van der Waals surface area contributed by atoms with E-state index in [1.165, 1.54) is 0 Å². The Hall–Kier alpha value is -4.22. The molecule has 0 fully saturated rings. The minimum absolute atomic E-state index is 0.0489. The van der Waals surface area contributed by atoms with E-state index >= 15 is 0 Å². The molecule has 254 valence electrons. The number of hydrogen-bond donors (Lipinski definition) is 1. The lowest BCUT2D eigenvalue weighted by atomic mass is 10.1. The van der Waals surface area contributed by atoms with Crippen LogP contribution in [0.5, 0.6) is 5.75 Å². The summed E-state index contributed by atoms with van der Waals surface area (Å²) in [6, 6.07) is 15.5. The highest BCUT2D eigenvalue weighted by Crippen LogP contribution is 2.29. The minimum Gasteiger partial charge on any atom is -0.476 e. The van der Waals surface area contributed by atoms with Crippen molar-refractivity contribution in [3.63, 3.8) is 0 Å². The second-order valence-corrected chi connectivity index (χ2v) is 12.1. The van der Waals surface area contributed by atoms with Crippen molar-refractivity contribution in [2.24, 2.45) is 0 Å². The van der Waals surface area contributed by atoms with Crippen molar-refractivity contribution in [1.82, 2.24) is 24.3 Å². The Labute approximate surface area is 278 Å². The topological polar surface area (TPSA) is 125 Å². The lowest BCUT2D eigenvalue weighted by Crippen LogP contribution is -2.41. The number of carbonyl (C=O) groups excluding carboxylic acids is 2. The molecule has 2 aromatic carbocycles. The van der Waals surface area contributed by atoms with Crippen LogP contribution in [0.3, 0.4) is 0 Å². The molecule has 4 rings (SSSR count). The van der Waals surface area contributed by atoms with Gasteiger partial charge in [-0.1, -0.05) is 51.1 Å². The van der Waals surface area contributed by atoms with Crippen LogP contribution in [-0.2, 0) is 38.8 Å². The lowest BCUT2D eigenvalue weighted by Gasteiger charge is -2.27. The van der Waals surface area contributed by atoms with Crippen molar-refractivity contribution >= 4 is 39.6 Å². The maximum atomic E-state index is 13.7. The van der Waals surface area contributed by atoms with Crippen molar-refractivity contribution in [2.75, 3.05) is 45.1 Å². The normalized spacial score (nSPS) is 11.8. The number of ether oxygens (including phenoxy) is 3. The third kappa shape index (κ3) is 8.99. The molecule has 0 spiro atoms. The lowest BCUT2D eigenvalue weighted by molar-refractivity contribution is -0.158. The monoisotopic (exact) mass is 646 g/mol. The van der Waals surface area contributed by atoms with Crippen molar-refractivity contribution in [3.05, 3.63) is 59.9 Å². The molecule has 0 bridgehead atoms. The van der Waals surface area contributed by atoms with Gasteiger partial charge in [-0.2, -0.15) is 0 Å². The van der Waals surface area contributed by atoms with Gasteiger partial charge in [0.15, 0.2) is 11.4 Å². The van der Waals surface area contributed by atoms with Crippen LogP contribution in [0.2, 0.25) is 0 Å². The van der Waals surface area contributed by atoms with Gasteiger partial charge in [0.05, 0.1) is 24.2 Å². The number of rotatable bonds is 18. The first kappa shape index (κ1) is 35.6. The zero-order valence-corrected chi connectivity index (χ0v) is 28.8. The molecule has 47 heavy (non-hydrogen) atoms. The maximum absolute atomic E-state index is 13.7. The smallest absolute Gasteiger partial charge is 0.349 e. The SMILES string of the molecule is CCCOCc1nc2c(N)nc3ccccc3c2n1CCCN(Cc1cccc(OC(C)(C)C(=O)OCC)c1)C(=O)CN(CC)CC. The average Bonchev–Trinajstić information content (AvgIpc) is 3.42. The van der Waals surface area contributed by atoms with Crippen molar-refractivity contribution in [1.29, 1.82) is 0 Å². The number of nitrogen functional groups attached to an aromatic ring is 1. The molecule has 0 radical (unpaired) electrons. The van der Waals surface area contributed by atoms with Crippen LogP contribution in [0, 0.1) is 0 Å². The summed E-state index contributed by atoms with van der Waals surface area (Å²) < 4.78 is 19.3. The number of imidazole rings is 1. The van der Waals surface area contributed by atoms with Gasteiger partial charge < -0.3 is 29.4 Å². The molecular formula is C36H50N6O5. The number of nitrogens with zero attached hydrogens (tertiary/aromatic N) is 5. The van der Waals surface area contributed by atoms with Crippen LogP contribution in [0.15, 0.2) is 48.5 Å². The van der Waals surface area contributed by atoms with E-state index in [1.807, 2.05) is 53.4 Å². The number of hydrogen-bond acceptors (Lipinski definition) is 9. The predicted octanol–water partition coefficient (Wildman–Crippen LogP) is 5.57. The molecule has 2 N–H and O–H groups in total. The zero-order valence-electron chi connectivity index (χ0n) is 28.8. The second-order valence-electron chi connectivity index (χ2n) is 12.1. The van der Waals surface area contributed by atoms with E-state index in [-0.39, 0.29) is 12.5 Å². The number of pyridine rings is 1. The number of likely N-dealkylation sites (N-methyl/N-ethyl adjacent to an activating group) is 1. The number of para-hydroxylation sites is 1. The molecule has 0 unspecified atom stereocenters. The number of esters is 1. The third-order valence-corrected chi connectivity index (χ3v) is 8.10. The summed E-state index contributed by atoms with van der Waals surface area (Å²) in [5, 5.41) is 0.975. The van der Waals surface area contributed by atoms with Crippen LogP contribution in [0.4, 0.5) is 5.82 Å². The molecule has 0 saturated heterocycles. The summed E-state index contributed by atoms with van der Waals surface area (Å²) in [6.07, 6.45) is 1.59. The Morgan fingerprint density at radius 2 is 1.77 bits per heavy atom. The Kier molecular flexibility index (Phi) is 12.6. The number of nitrogens with two attached hydrogens (primary N) is 1. The molecule has 0 aliphatic heterocycles. The highest BCUT2D eigenvalue weighted by molar-refractivity contribution is 6.06. The highest BCUT2D eigenvalue weighted by atomic mass is 16.6. The fraction of sp³-hybridized carbons (Fsp3) is 0.500. The van der Waals surface area contributed by atoms with Crippen LogP contribution in [0.1, 0.15) is 65.8 Å². The molecule has 11 nitrogen and oxygen atoms in total. The summed E-state index contributed by atoms with van der Waals surface area (Å²) in [5.74, 6) is 1.33. The van der Waals surface area contributed by atoms with Gasteiger partial charge in [-0.3, -0.25) is 9.69 Å². The van der Waals surface area contributed by atoms with Gasteiger partial charge in [0.1, 0.15) is 23.7 Å². The summed E-state index contributed by atoms with van der Waals surface area (Å²) in [6.45, 7) is 16.0. The number of benzene rings is 2. The number of anilines is 1. The van der Waals surface area contributed by atoms with Gasteiger partial charge >= 0.3 is 5.97 Å². The number of aryl methyl sites for hydroxylation is 1. The molecule has 0 aliphatic carbocycles. The summed E-state index contributed by atoms with van der Waals surface area (Å²) in [4.78, 5) is 39.7. The van der Waals surface area contributed by atoms with Crippen molar-refractivity contribution in [2.45, 2.75) is 79.7 Å². The minimum atomic E-state index is -1.15. The van der Waals surface area contributed by atoms with Crippen LogP contribution in [-0.4, -0.2) is 81.2 Å². The molecular weight excluding hydrogens is 596 g/mol. The van der Waals surface area contributed by atoms with E-state index in [9.17, 15) is 9.59 Å². The Morgan fingerprint density at radius 1 is 1.00 bits per heavy atom. The van der Waals surface area contributed by atoms with Crippen molar-refractivity contribution < 1.29 is 23.8 Å². The first-order chi connectivity index (χ1) is 22.6. The summed E-state index contributed by atoms with van der Waals surface area (Å²) in [5.41, 5.74) is 8.55. The molecule has 2 heterocycles.